The molecule has 5 rings (SSSR count). The molecule has 29 heavy (non-hydrogen) atoms. The third-order valence-corrected chi connectivity index (χ3v) is 12.8. The summed E-state index contributed by atoms with van der Waals surface area (Å²) in [5.74, 6) is 3.03. The summed E-state index contributed by atoms with van der Waals surface area (Å²) >= 11 is 0. The molecule has 0 aromatic carbocycles. The third kappa shape index (κ3) is 2.37. The molecule has 5 saturated carbocycles. The van der Waals surface area contributed by atoms with Crippen LogP contribution in [0.5, 0.6) is 0 Å². The lowest BCUT2D eigenvalue weighted by molar-refractivity contribution is -0.247. The molecule has 2 N–H and O–H groups in total. The van der Waals surface area contributed by atoms with E-state index in [4.69, 9.17) is 0 Å². The van der Waals surface area contributed by atoms with Gasteiger partial charge in [-0.3, -0.25) is 0 Å². The summed E-state index contributed by atoms with van der Waals surface area (Å²) in [4.78, 5) is 0. The Hall–Kier alpha value is -0.0800. The number of aliphatic hydroxyl groups is 2. The lowest BCUT2D eigenvalue weighted by Crippen LogP contribution is -2.66. The van der Waals surface area contributed by atoms with E-state index in [0.717, 1.165) is 24.2 Å². The highest BCUT2D eigenvalue weighted by molar-refractivity contribution is 5.18. The van der Waals surface area contributed by atoms with Crippen LogP contribution in [0.1, 0.15) is 105 Å². The van der Waals surface area contributed by atoms with Gasteiger partial charge in [0.15, 0.2) is 0 Å². The lowest BCUT2D eigenvalue weighted by atomic mass is 9.32. The van der Waals surface area contributed by atoms with E-state index in [1.54, 1.807) is 0 Å². The number of hydrogen-bond acceptors (Lipinski definition) is 2. The maximum Gasteiger partial charge on any atom is 0.0594 e. The number of fused-ring (bicyclic) bond motifs is 7. The second-order valence-electron chi connectivity index (χ2n) is 13.6. The highest BCUT2D eigenvalue weighted by Crippen LogP contribution is 2.76. The van der Waals surface area contributed by atoms with Crippen LogP contribution < -0.4 is 0 Å². The van der Waals surface area contributed by atoms with E-state index in [1.165, 1.54) is 64.2 Å². The van der Waals surface area contributed by atoms with Gasteiger partial charge in [-0.25, -0.2) is 0 Å². The zero-order valence-electron chi connectivity index (χ0n) is 19.8. The molecule has 5 aliphatic carbocycles. The first-order valence-electron chi connectivity index (χ1n) is 12.8. The predicted octanol–water partition coefficient (Wildman–Crippen LogP) is 6.20. The fourth-order valence-electron chi connectivity index (χ4n) is 11.0. The normalized spacial score (nSPS) is 58.7. The molecule has 9 atom stereocenters. The van der Waals surface area contributed by atoms with Gasteiger partial charge >= 0.3 is 0 Å². The number of aliphatic hydroxyl groups excluding tert-OH is 2. The van der Waals surface area contributed by atoms with E-state index in [2.05, 4.69) is 34.6 Å². The van der Waals surface area contributed by atoms with E-state index in [0.29, 0.717) is 28.8 Å². The second kappa shape index (κ2) is 6.25. The minimum Gasteiger partial charge on any atom is -0.396 e. The maximum atomic E-state index is 10.8. The smallest absolute Gasteiger partial charge is 0.0594 e. The van der Waals surface area contributed by atoms with Gasteiger partial charge in [-0.05, 0) is 115 Å². The van der Waals surface area contributed by atoms with E-state index >= 15 is 0 Å². The maximum absolute atomic E-state index is 10.8. The average Bonchev–Trinajstić information content (AvgIpc) is 3.10. The SMILES string of the molecule is CC1(C)C2CC[C@]3(C)C(CCC4C5CCC[C@]5(CO)CC[C@]43C)[C@@]2(C)CC[C@@H]1O. The molecule has 0 aromatic rings. The van der Waals surface area contributed by atoms with Gasteiger partial charge in [0.05, 0.1) is 6.10 Å². The molecule has 0 radical (unpaired) electrons. The van der Waals surface area contributed by atoms with Crippen molar-refractivity contribution in [2.75, 3.05) is 6.61 Å². The Morgan fingerprint density at radius 3 is 2.17 bits per heavy atom. The van der Waals surface area contributed by atoms with E-state index in [1.807, 2.05) is 0 Å². The van der Waals surface area contributed by atoms with Crippen molar-refractivity contribution < 1.29 is 10.2 Å². The van der Waals surface area contributed by atoms with Crippen LogP contribution in [0.3, 0.4) is 0 Å². The summed E-state index contributed by atoms with van der Waals surface area (Å²) in [7, 11) is 0. The summed E-state index contributed by atoms with van der Waals surface area (Å²) in [6.07, 6.45) is 14.0. The Morgan fingerprint density at radius 2 is 1.45 bits per heavy atom. The Balaban J connectivity index is 1.53. The van der Waals surface area contributed by atoms with Crippen molar-refractivity contribution >= 4 is 0 Å². The third-order valence-electron chi connectivity index (χ3n) is 12.8. The Bertz CT molecular complexity index is 671. The molecular formula is C27H46O2. The molecule has 4 unspecified atom stereocenters. The van der Waals surface area contributed by atoms with Crippen LogP contribution in [0.4, 0.5) is 0 Å². The van der Waals surface area contributed by atoms with Gasteiger partial charge in [-0.2, -0.15) is 0 Å². The molecule has 0 spiro atoms. The fraction of sp³-hybridized carbons (Fsp3) is 1.00. The second-order valence-corrected chi connectivity index (χ2v) is 13.6. The van der Waals surface area contributed by atoms with Crippen LogP contribution >= 0.6 is 0 Å². The standard InChI is InChI=1S/C27H46O2/c1-23(2)20-10-14-26(5)21(24(20,3)13-11-22(23)29)9-8-18-19-7-6-12-27(19,17-28)16-15-25(18,26)4/h18-22,28-29H,6-17H2,1-5H3/t18?,19?,20?,21?,22-,24-,25+,26+,27+/m0/s1. The minimum atomic E-state index is -0.129. The van der Waals surface area contributed by atoms with E-state index in [9.17, 15) is 10.2 Å². The minimum absolute atomic E-state index is 0.0517. The Morgan fingerprint density at radius 1 is 0.690 bits per heavy atom. The molecule has 2 heteroatoms. The summed E-state index contributed by atoms with van der Waals surface area (Å²) < 4.78 is 0. The quantitative estimate of drug-likeness (QED) is 0.548. The Labute approximate surface area is 179 Å². The zero-order chi connectivity index (χ0) is 20.9. The van der Waals surface area contributed by atoms with Crippen LogP contribution in [-0.2, 0) is 0 Å². The zero-order valence-corrected chi connectivity index (χ0v) is 19.8. The molecule has 166 valence electrons. The van der Waals surface area contributed by atoms with Crippen molar-refractivity contribution in [1.29, 1.82) is 0 Å². The van der Waals surface area contributed by atoms with Crippen LogP contribution in [0.15, 0.2) is 0 Å². The number of hydrogen-bond donors (Lipinski definition) is 2. The molecule has 0 aromatic heterocycles. The molecule has 5 fully saturated rings. The lowest BCUT2D eigenvalue weighted by Gasteiger charge is -2.72. The average molecular weight is 403 g/mol. The largest absolute Gasteiger partial charge is 0.396 e. The van der Waals surface area contributed by atoms with Crippen molar-refractivity contribution in [2.45, 2.75) is 111 Å². The molecule has 0 saturated heterocycles. The van der Waals surface area contributed by atoms with Crippen LogP contribution in [0.25, 0.3) is 0 Å². The molecule has 0 aliphatic heterocycles. The molecule has 0 bridgehead atoms. The Kier molecular flexibility index (Phi) is 4.48. The van der Waals surface area contributed by atoms with Crippen molar-refractivity contribution in [1.82, 2.24) is 0 Å². The predicted molar refractivity (Wildman–Crippen MR) is 118 cm³/mol. The number of rotatable bonds is 1. The molecule has 0 amide bonds. The summed E-state index contributed by atoms with van der Waals surface area (Å²) in [5.41, 5.74) is 1.54. The first-order chi connectivity index (χ1) is 13.6. The van der Waals surface area contributed by atoms with E-state index in [-0.39, 0.29) is 16.9 Å². The van der Waals surface area contributed by atoms with Crippen molar-refractivity contribution in [3.05, 3.63) is 0 Å². The van der Waals surface area contributed by atoms with E-state index < -0.39 is 0 Å². The summed E-state index contributed by atoms with van der Waals surface area (Å²) in [6.45, 7) is 13.1. The fourth-order valence-corrected chi connectivity index (χ4v) is 11.0. The molecule has 0 heterocycles. The van der Waals surface area contributed by atoms with Crippen LogP contribution in [0, 0.1) is 50.7 Å². The van der Waals surface area contributed by atoms with Crippen LogP contribution in [-0.4, -0.2) is 22.9 Å². The van der Waals surface area contributed by atoms with Gasteiger partial charge in [0.1, 0.15) is 0 Å². The topological polar surface area (TPSA) is 40.5 Å². The van der Waals surface area contributed by atoms with Gasteiger partial charge in [-0.15, -0.1) is 0 Å². The highest BCUT2D eigenvalue weighted by atomic mass is 16.3. The molecule has 2 nitrogen and oxygen atoms in total. The first kappa shape index (κ1) is 20.8. The van der Waals surface area contributed by atoms with Gasteiger partial charge in [0, 0.05) is 6.61 Å². The van der Waals surface area contributed by atoms with Gasteiger partial charge in [0.25, 0.3) is 0 Å². The van der Waals surface area contributed by atoms with Crippen LogP contribution in [0.2, 0.25) is 0 Å². The van der Waals surface area contributed by atoms with Crippen molar-refractivity contribution in [3.63, 3.8) is 0 Å². The molecule has 5 aliphatic rings. The first-order valence-corrected chi connectivity index (χ1v) is 12.8. The van der Waals surface area contributed by atoms with Gasteiger partial charge in [-0.1, -0.05) is 41.0 Å². The monoisotopic (exact) mass is 402 g/mol. The van der Waals surface area contributed by atoms with Crippen molar-refractivity contribution in [2.24, 2.45) is 50.7 Å². The van der Waals surface area contributed by atoms with Gasteiger partial charge < -0.3 is 10.2 Å². The van der Waals surface area contributed by atoms with Crippen molar-refractivity contribution in [3.8, 4) is 0 Å². The highest BCUT2D eigenvalue weighted by Gasteiger charge is 2.69. The summed E-state index contributed by atoms with van der Waals surface area (Å²) in [6, 6.07) is 0. The molecular weight excluding hydrogens is 356 g/mol. The summed E-state index contributed by atoms with van der Waals surface area (Å²) in [5, 5.41) is 21.2. The van der Waals surface area contributed by atoms with Gasteiger partial charge in [0.2, 0.25) is 0 Å².